The molecule has 1 aromatic heterocycles. The van der Waals surface area contributed by atoms with E-state index in [1.54, 1.807) is 0 Å². The summed E-state index contributed by atoms with van der Waals surface area (Å²) in [4.78, 5) is 5.83. The topological polar surface area (TPSA) is 24.9 Å². The van der Waals surface area contributed by atoms with Crippen LogP contribution in [-0.2, 0) is 0 Å². The predicted molar refractivity (Wildman–Crippen MR) is 69.8 cm³/mol. The molecule has 3 heteroatoms. The number of nitrogens with zero attached hydrogens (tertiary/aromatic N) is 1. The van der Waals surface area contributed by atoms with Crippen LogP contribution in [0.4, 0.5) is 0 Å². The summed E-state index contributed by atoms with van der Waals surface area (Å²) in [5.41, 5.74) is 3.19. The lowest BCUT2D eigenvalue weighted by atomic mass is 9.97. The van der Waals surface area contributed by atoms with Crippen LogP contribution in [0.5, 0.6) is 0 Å². The lowest BCUT2D eigenvalue weighted by Gasteiger charge is -2.20. The summed E-state index contributed by atoms with van der Waals surface area (Å²) in [6.07, 6.45) is 7.03. The first-order valence-corrected chi connectivity index (χ1v) is 7.32. The molecule has 1 aliphatic rings. The molecule has 2 nitrogen and oxygen atoms in total. The fourth-order valence-corrected chi connectivity index (χ4v) is 3.65. The molecule has 0 aromatic carbocycles. The normalized spacial score (nSPS) is 19.1. The highest BCUT2D eigenvalue weighted by Crippen LogP contribution is 2.34. The highest BCUT2D eigenvalue weighted by atomic mass is 32.1. The quantitative estimate of drug-likeness (QED) is 0.846. The van der Waals surface area contributed by atoms with Gasteiger partial charge in [0.15, 0.2) is 0 Å². The van der Waals surface area contributed by atoms with Crippen molar-refractivity contribution in [3.8, 4) is 0 Å². The van der Waals surface area contributed by atoms with E-state index in [1.807, 2.05) is 16.8 Å². The van der Waals surface area contributed by atoms with Crippen LogP contribution in [-0.4, -0.2) is 11.5 Å². The average Bonchev–Trinajstić information content (AvgIpc) is 2.88. The second-order valence-corrected chi connectivity index (χ2v) is 5.68. The third kappa shape index (κ3) is 2.83. The van der Waals surface area contributed by atoms with Gasteiger partial charge in [-0.3, -0.25) is 0 Å². The molecule has 90 valence electrons. The molecule has 0 radical (unpaired) electrons. The van der Waals surface area contributed by atoms with Gasteiger partial charge in [-0.05, 0) is 25.8 Å². The highest BCUT2D eigenvalue weighted by Gasteiger charge is 2.22. The first kappa shape index (κ1) is 12.1. The van der Waals surface area contributed by atoms with Crippen LogP contribution in [0.15, 0.2) is 5.51 Å². The van der Waals surface area contributed by atoms with Crippen LogP contribution in [0.2, 0.25) is 0 Å². The zero-order chi connectivity index (χ0) is 11.4. The lowest BCUT2D eigenvalue weighted by Crippen LogP contribution is -2.22. The monoisotopic (exact) mass is 238 g/mol. The van der Waals surface area contributed by atoms with E-state index in [2.05, 4.69) is 24.1 Å². The number of nitrogens with one attached hydrogen (secondary N) is 1. The van der Waals surface area contributed by atoms with Crippen LogP contribution in [0.3, 0.4) is 0 Å². The maximum Gasteiger partial charge on any atom is 0.0798 e. The summed E-state index contributed by atoms with van der Waals surface area (Å²) in [6.45, 7) is 5.37. The third-order valence-corrected chi connectivity index (χ3v) is 4.64. The van der Waals surface area contributed by atoms with Gasteiger partial charge in [-0.2, -0.15) is 0 Å². The fraction of sp³-hybridized carbons (Fsp3) is 0.769. The van der Waals surface area contributed by atoms with E-state index in [0.717, 1.165) is 12.5 Å². The molecule has 0 spiro atoms. The molecule has 1 heterocycles. The zero-order valence-corrected chi connectivity index (χ0v) is 11.1. The minimum atomic E-state index is 0.542. The Balaban J connectivity index is 2.01. The summed E-state index contributed by atoms with van der Waals surface area (Å²) in [7, 11) is 0. The molecule has 1 unspecified atom stereocenters. The van der Waals surface area contributed by atoms with Gasteiger partial charge in [0.1, 0.15) is 0 Å². The van der Waals surface area contributed by atoms with Crippen LogP contribution in [0, 0.1) is 12.8 Å². The number of aryl methyl sites for hydroxylation is 1. The largest absolute Gasteiger partial charge is 0.309 e. The maximum atomic E-state index is 4.37. The standard InChI is InChI=1S/C13H22N2S/c1-3-14-12(8-11-6-4-5-7-11)13-10(2)15-9-16-13/h9,11-12,14H,3-8H2,1-2H3. The van der Waals surface area contributed by atoms with Gasteiger partial charge in [-0.15, -0.1) is 11.3 Å². The van der Waals surface area contributed by atoms with E-state index in [9.17, 15) is 0 Å². The fourth-order valence-electron chi connectivity index (χ4n) is 2.75. The van der Waals surface area contributed by atoms with Crippen LogP contribution in [0.1, 0.15) is 55.6 Å². The van der Waals surface area contributed by atoms with Crippen LogP contribution < -0.4 is 5.32 Å². The number of rotatable bonds is 5. The highest BCUT2D eigenvalue weighted by molar-refractivity contribution is 7.09. The summed E-state index contributed by atoms with van der Waals surface area (Å²) >= 11 is 1.81. The zero-order valence-electron chi connectivity index (χ0n) is 10.3. The molecule has 2 rings (SSSR count). The molecular weight excluding hydrogens is 216 g/mol. The van der Waals surface area contributed by atoms with E-state index in [1.165, 1.54) is 42.7 Å². The molecule has 1 saturated carbocycles. The van der Waals surface area contributed by atoms with Crippen molar-refractivity contribution < 1.29 is 0 Å². The number of hydrogen-bond donors (Lipinski definition) is 1. The summed E-state index contributed by atoms with van der Waals surface area (Å²) in [5.74, 6) is 0.936. The van der Waals surface area contributed by atoms with Crippen molar-refractivity contribution in [1.82, 2.24) is 10.3 Å². The molecule has 1 fully saturated rings. The number of hydrogen-bond acceptors (Lipinski definition) is 3. The Kier molecular flexibility index (Phi) is 4.36. The molecule has 0 saturated heterocycles. The maximum absolute atomic E-state index is 4.37. The molecule has 1 atom stereocenters. The van der Waals surface area contributed by atoms with Gasteiger partial charge < -0.3 is 5.32 Å². The average molecular weight is 238 g/mol. The third-order valence-electron chi connectivity index (χ3n) is 3.59. The Morgan fingerprint density at radius 3 is 2.81 bits per heavy atom. The molecule has 0 amide bonds. The Labute approximate surface area is 102 Å². The Hall–Kier alpha value is -0.410. The van der Waals surface area contributed by atoms with Crippen molar-refractivity contribution in [1.29, 1.82) is 0 Å². The van der Waals surface area contributed by atoms with Crippen molar-refractivity contribution in [2.75, 3.05) is 6.54 Å². The van der Waals surface area contributed by atoms with Crippen molar-refractivity contribution in [2.45, 2.75) is 52.0 Å². The van der Waals surface area contributed by atoms with Crippen molar-refractivity contribution in [3.05, 3.63) is 16.1 Å². The van der Waals surface area contributed by atoms with Gasteiger partial charge in [0.25, 0.3) is 0 Å². The van der Waals surface area contributed by atoms with E-state index in [-0.39, 0.29) is 0 Å². The molecule has 1 aromatic rings. The molecule has 1 aliphatic carbocycles. The summed E-state index contributed by atoms with van der Waals surface area (Å²) < 4.78 is 0. The molecule has 0 aliphatic heterocycles. The van der Waals surface area contributed by atoms with Crippen molar-refractivity contribution in [3.63, 3.8) is 0 Å². The summed E-state index contributed by atoms with van der Waals surface area (Å²) in [5, 5.41) is 3.62. The Morgan fingerprint density at radius 2 is 2.25 bits per heavy atom. The minimum absolute atomic E-state index is 0.542. The molecule has 0 bridgehead atoms. The number of aromatic nitrogens is 1. The van der Waals surface area contributed by atoms with E-state index in [0.29, 0.717) is 6.04 Å². The van der Waals surface area contributed by atoms with Gasteiger partial charge in [0, 0.05) is 10.9 Å². The minimum Gasteiger partial charge on any atom is -0.309 e. The second-order valence-electron chi connectivity index (χ2n) is 4.80. The first-order valence-electron chi connectivity index (χ1n) is 6.44. The van der Waals surface area contributed by atoms with Crippen molar-refractivity contribution in [2.24, 2.45) is 5.92 Å². The smallest absolute Gasteiger partial charge is 0.0798 e. The Morgan fingerprint density at radius 1 is 1.50 bits per heavy atom. The summed E-state index contributed by atoms with van der Waals surface area (Å²) in [6, 6.07) is 0.542. The first-order chi connectivity index (χ1) is 7.81. The lowest BCUT2D eigenvalue weighted by molar-refractivity contribution is 0.403. The molecule has 16 heavy (non-hydrogen) atoms. The van der Waals surface area contributed by atoms with Gasteiger partial charge in [-0.1, -0.05) is 32.6 Å². The van der Waals surface area contributed by atoms with Gasteiger partial charge in [0.05, 0.1) is 11.2 Å². The van der Waals surface area contributed by atoms with E-state index < -0.39 is 0 Å². The van der Waals surface area contributed by atoms with Crippen molar-refractivity contribution >= 4 is 11.3 Å². The molecular formula is C13H22N2S. The SMILES string of the molecule is CCNC(CC1CCCC1)c1scnc1C. The predicted octanol–water partition coefficient (Wildman–Crippen LogP) is 3.68. The second kappa shape index (κ2) is 5.78. The molecule has 1 N–H and O–H groups in total. The van der Waals surface area contributed by atoms with E-state index >= 15 is 0 Å². The van der Waals surface area contributed by atoms with Gasteiger partial charge in [-0.25, -0.2) is 4.98 Å². The Bertz CT molecular complexity index is 315. The van der Waals surface area contributed by atoms with Crippen LogP contribution >= 0.6 is 11.3 Å². The number of thiazole rings is 1. The van der Waals surface area contributed by atoms with Gasteiger partial charge >= 0.3 is 0 Å². The van der Waals surface area contributed by atoms with E-state index in [4.69, 9.17) is 0 Å². The van der Waals surface area contributed by atoms with Gasteiger partial charge in [0.2, 0.25) is 0 Å². The van der Waals surface area contributed by atoms with Crippen LogP contribution in [0.25, 0.3) is 0 Å².